The number of nitrogens with zero attached hydrogens (tertiary/aromatic N) is 3. The molecule has 2 saturated heterocycles. The van der Waals surface area contributed by atoms with Gasteiger partial charge < -0.3 is 15.0 Å². The average Bonchev–Trinajstić information content (AvgIpc) is 3.37. The second-order valence-electron chi connectivity index (χ2n) is 9.00. The van der Waals surface area contributed by atoms with Crippen LogP contribution in [0.4, 0.5) is 10.1 Å². The van der Waals surface area contributed by atoms with Crippen LogP contribution in [0.25, 0.3) is 0 Å². The zero-order valence-corrected chi connectivity index (χ0v) is 19.5. The van der Waals surface area contributed by atoms with E-state index in [0.717, 1.165) is 24.0 Å². The van der Waals surface area contributed by atoms with Crippen molar-refractivity contribution in [3.05, 3.63) is 64.5 Å². The van der Waals surface area contributed by atoms with Crippen molar-refractivity contribution >= 4 is 17.5 Å². The van der Waals surface area contributed by atoms with Crippen molar-refractivity contribution in [3.8, 4) is 6.07 Å². The fourth-order valence-electron chi connectivity index (χ4n) is 4.66. The van der Waals surface area contributed by atoms with Crippen LogP contribution in [0, 0.1) is 24.1 Å². The Kier molecular flexibility index (Phi) is 7.25. The third-order valence-corrected chi connectivity index (χ3v) is 6.58. The normalized spacial score (nSPS) is 20.7. The van der Waals surface area contributed by atoms with E-state index in [1.165, 1.54) is 18.2 Å². The molecule has 1 N–H and O–H groups in total. The van der Waals surface area contributed by atoms with E-state index in [2.05, 4.69) is 10.2 Å². The van der Waals surface area contributed by atoms with E-state index in [1.54, 1.807) is 18.2 Å². The number of halogens is 1. The van der Waals surface area contributed by atoms with Crippen LogP contribution in [0.15, 0.2) is 36.4 Å². The molecule has 8 heteroatoms. The molecular formula is C26H29FN4O3. The van der Waals surface area contributed by atoms with E-state index in [9.17, 15) is 14.0 Å². The summed E-state index contributed by atoms with van der Waals surface area (Å²) in [5.41, 5.74) is 2.70. The van der Waals surface area contributed by atoms with Crippen LogP contribution in [0.3, 0.4) is 0 Å². The third-order valence-electron chi connectivity index (χ3n) is 6.58. The van der Waals surface area contributed by atoms with Crippen molar-refractivity contribution in [1.82, 2.24) is 9.80 Å². The van der Waals surface area contributed by atoms with Gasteiger partial charge in [-0.2, -0.15) is 5.26 Å². The van der Waals surface area contributed by atoms with Gasteiger partial charge in [0.05, 0.1) is 11.6 Å². The van der Waals surface area contributed by atoms with Gasteiger partial charge >= 0.3 is 0 Å². The Balaban J connectivity index is 1.43. The number of ether oxygens (including phenoxy) is 1. The Morgan fingerprint density at radius 1 is 1.26 bits per heavy atom. The first-order valence-corrected chi connectivity index (χ1v) is 11.6. The lowest BCUT2D eigenvalue weighted by Gasteiger charge is -2.41. The Morgan fingerprint density at radius 3 is 2.79 bits per heavy atom. The lowest BCUT2D eigenvalue weighted by molar-refractivity contribution is -0.145. The van der Waals surface area contributed by atoms with Crippen molar-refractivity contribution < 1.29 is 18.7 Å². The molecule has 0 aliphatic carbocycles. The molecule has 7 nitrogen and oxygen atoms in total. The van der Waals surface area contributed by atoms with Crippen molar-refractivity contribution in [2.75, 3.05) is 31.6 Å². The summed E-state index contributed by atoms with van der Waals surface area (Å²) >= 11 is 0. The lowest BCUT2D eigenvalue weighted by atomic mass is 10.0. The smallest absolute Gasteiger partial charge is 0.255 e. The van der Waals surface area contributed by atoms with Gasteiger partial charge in [0.1, 0.15) is 11.9 Å². The number of nitriles is 1. The van der Waals surface area contributed by atoms with Crippen molar-refractivity contribution in [1.29, 1.82) is 5.26 Å². The van der Waals surface area contributed by atoms with E-state index in [4.69, 9.17) is 10.00 Å². The molecule has 2 aliphatic heterocycles. The van der Waals surface area contributed by atoms with Crippen molar-refractivity contribution in [2.45, 2.75) is 45.4 Å². The molecule has 2 aromatic carbocycles. The van der Waals surface area contributed by atoms with Crippen LogP contribution in [0.2, 0.25) is 0 Å². The molecule has 2 heterocycles. The van der Waals surface area contributed by atoms with Crippen LogP contribution in [-0.2, 0) is 16.1 Å². The fraction of sp³-hybridized carbons (Fsp3) is 0.423. The summed E-state index contributed by atoms with van der Waals surface area (Å²) in [6.45, 7) is 7.01. The Hall–Kier alpha value is -3.28. The van der Waals surface area contributed by atoms with Crippen LogP contribution in [0.1, 0.15) is 46.8 Å². The average molecular weight is 465 g/mol. The highest BCUT2D eigenvalue weighted by atomic mass is 19.1. The van der Waals surface area contributed by atoms with Gasteiger partial charge in [-0.3, -0.25) is 14.5 Å². The number of hydrogen-bond acceptors (Lipinski definition) is 5. The molecule has 0 aromatic heterocycles. The molecule has 2 fully saturated rings. The lowest BCUT2D eigenvalue weighted by Crippen LogP contribution is -2.55. The SMILES string of the molecule is Cc1c(CN2CCN(C(=O)[C@H]3CCCO3)[C@@H](C)C2)cc(F)cc1NC(=O)c1cccc(C#N)c1. The summed E-state index contributed by atoms with van der Waals surface area (Å²) in [7, 11) is 0. The predicted octanol–water partition coefficient (Wildman–Crippen LogP) is 3.47. The molecular weight excluding hydrogens is 435 g/mol. The standard InChI is InChI=1S/C26H29FN4O3/c1-17-15-30(8-9-31(17)26(33)24-7-4-10-34-24)16-21-12-22(27)13-23(18(21)2)29-25(32)20-6-3-5-19(11-20)14-28/h3,5-6,11-13,17,24H,4,7-10,15-16H2,1-2H3,(H,29,32)/t17-,24+/m0/s1. The largest absolute Gasteiger partial charge is 0.368 e. The summed E-state index contributed by atoms with van der Waals surface area (Å²) in [6, 6.07) is 11.2. The number of carbonyl (C=O) groups is 2. The number of hydrogen-bond donors (Lipinski definition) is 1. The number of amides is 2. The third kappa shape index (κ3) is 5.27. The predicted molar refractivity (Wildman–Crippen MR) is 126 cm³/mol. The Labute approximate surface area is 199 Å². The molecule has 2 aliphatic rings. The van der Waals surface area contributed by atoms with Gasteiger partial charge in [0.2, 0.25) is 0 Å². The van der Waals surface area contributed by atoms with Crippen LogP contribution >= 0.6 is 0 Å². The fourth-order valence-corrected chi connectivity index (χ4v) is 4.66. The first-order chi connectivity index (χ1) is 16.4. The molecule has 0 radical (unpaired) electrons. The summed E-state index contributed by atoms with van der Waals surface area (Å²) in [4.78, 5) is 29.5. The highest BCUT2D eigenvalue weighted by molar-refractivity contribution is 6.04. The van der Waals surface area contributed by atoms with Crippen LogP contribution < -0.4 is 5.32 Å². The Morgan fingerprint density at radius 2 is 2.09 bits per heavy atom. The molecule has 0 bridgehead atoms. The molecule has 0 unspecified atom stereocenters. The minimum Gasteiger partial charge on any atom is -0.368 e. The molecule has 0 saturated carbocycles. The molecule has 2 atom stereocenters. The minimum atomic E-state index is -0.429. The number of anilines is 1. The topological polar surface area (TPSA) is 85.7 Å². The minimum absolute atomic E-state index is 0.0332. The van der Waals surface area contributed by atoms with E-state index in [-0.39, 0.29) is 18.1 Å². The van der Waals surface area contributed by atoms with E-state index in [0.29, 0.717) is 49.6 Å². The summed E-state index contributed by atoms with van der Waals surface area (Å²) in [5.74, 6) is -0.759. The van der Waals surface area contributed by atoms with Crippen molar-refractivity contribution in [2.24, 2.45) is 0 Å². The molecule has 2 aromatic rings. The van der Waals surface area contributed by atoms with E-state index in [1.807, 2.05) is 24.8 Å². The molecule has 0 spiro atoms. The first-order valence-electron chi connectivity index (χ1n) is 11.6. The van der Waals surface area contributed by atoms with Gasteiger partial charge in [0, 0.05) is 50.1 Å². The monoisotopic (exact) mass is 464 g/mol. The van der Waals surface area contributed by atoms with Crippen molar-refractivity contribution in [3.63, 3.8) is 0 Å². The molecule has 34 heavy (non-hydrogen) atoms. The summed E-state index contributed by atoms with van der Waals surface area (Å²) < 4.78 is 20.0. The maximum absolute atomic E-state index is 14.5. The summed E-state index contributed by atoms with van der Waals surface area (Å²) in [5, 5.41) is 11.8. The molecule has 2 amide bonds. The first kappa shape index (κ1) is 23.9. The highest BCUT2D eigenvalue weighted by Crippen LogP contribution is 2.25. The number of rotatable bonds is 5. The number of piperazine rings is 1. The van der Waals surface area contributed by atoms with E-state index < -0.39 is 11.7 Å². The maximum Gasteiger partial charge on any atom is 0.255 e. The van der Waals surface area contributed by atoms with Gasteiger partial charge in [-0.1, -0.05) is 6.07 Å². The molecule has 4 rings (SSSR count). The zero-order chi connectivity index (χ0) is 24.2. The number of nitrogens with one attached hydrogen (secondary N) is 1. The highest BCUT2D eigenvalue weighted by Gasteiger charge is 2.34. The number of benzene rings is 2. The Bertz CT molecular complexity index is 1120. The zero-order valence-electron chi connectivity index (χ0n) is 19.5. The summed E-state index contributed by atoms with van der Waals surface area (Å²) in [6.07, 6.45) is 1.38. The maximum atomic E-state index is 14.5. The second-order valence-corrected chi connectivity index (χ2v) is 9.00. The van der Waals surface area contributed by atoms with E-state index >= 15 is 0 Å². The number of carbonyl (C=O) groups excluding carboxylic acids is 2. The quantitative estimate of drug-likeness (QED) is 0.732. The van der Waals surface area contributed by atoms with Gasteiger partial charge in [-0.25, -0.2) is 4.39 Å². The van der Waals surface area contributed by atoms with Gasteiger partial charge in [0.15, 0.2) is 0 Å². The molecule has 178 valence electrons. The van der Waals surface area contributed by atoms with Gasteiger partial charge in [-0.05, 0) is 68.1 Å². The van der Waals surface area contributed by atoms with Gasteiger partial charge in [0.25, 0.3) is 11.8 Å². The van der Waals surface area contributed by atoms with Crippen LogP contribution in [0.5, 0.6) is 0 Å². The second kappa shape index (κ2) is 10.3. The van der Waals surface area contributed by atoms with Crippen LogP contribution in [-0.4, -0.2) is 60.0 Å². The van der Waals surface area contributed by atoms with Gasteiger partial charge in [-0.15, -0.1) is 0 Å².